The van der Waals surface area contributed by atoms with Crippen LogP contribution in [0, 0.1) is 0 Å². The minimum atomic E-state index is 0.404. The first-order valence-corrected chi connectivity index (χ1v) is 3.89. The van der Waals surface area contributed by atoms with Crippen LogP contribution < -0.4 is 5.32 Å². The van der Waals surface area contributed by atoms with E-state index >= 15 is 0 Å². The van der Waals surface area contributed by atoms with Crippen molar-refractivity contribution in [3.8, 4) is 0 Å². The Balaban J connectivity index is 1.69. The van der Waals surface area contributed by atoms with Gasteiger partial charge in [-0.05, 0) is 0 Å². The molecule has 2 atom stereocenters. The molecule has 2 aliphatic heterocycles. The highest BCUT2D eigenvalue weighted by Crippen LogP contribution is 2.17. The van der Waals surface area contributed by atoms with Gasteiger partial charge in [0.2, 0.25) is 0 Å². The normalized spacial score (nSPS) is 39.6. The predicted octanol–water partition coefficient (Wildman–Crippen LogP) is -0.236. The van der Waals surface area contributed by atoms with E-state index in [0.29, 0.717) is 12.2 Å². The summed E-state index contributed by atoms with van der Waals surface area (Å²) < 4.78 is 10.6. The van der Waals surface area contributed by atoms with Gasteiger partial charge in [0.05, 0.1) is 25.4 Å². The maximum absolute atomic E-state index is 5.49. The number of ether oxygens (including phenoxy) is 2. The van der Waals surface area contributed by atoms with Gasteiger partial charge in [-0.1, -0.05) is 0 Å². The molecule has 2 aliphatic rings. The molecule has 0 saturated carbocycles. The van der Waals surface area contributed by atoms with Crippen LogP contribution in [-0.4, -0.2) is 38.5 Å². The average molecular weight is 143 g/mol. The summed E-state index contributed by atoms with van der Waals surface area (Å²) in [5.74, 6) is 0. The number of nitrogens with one attached hydrogen (secondary N) is 1. The molecule has 0 spiro atoms. The van der Waals surface area contributed by atoms with Crippen LogP contribution in [0.2, 0.25) is 0 Å². The summed E-state index contributed by atoms with van der Waals surface area (Å²) in [6, 6.07) is 0. The second-order valence-corrected chi connectivity index (χ2v) is 2.89. The van der Waals surface area contributed by atoms with Gasteiger partial charge < -0.3 is 14.8 Å². The van der Waals surface area contributed by atoms with Gasteiger partial charge in [-0.25, -0.2) is 0 Å². The number of hydrogen-bond donors (Lipinski definition) is 1. The first-order chi connectivity index (χ1) is 4.95. The minimum absolute atomic E-state index is 0.404. The molecule has 0 aromatic carbocycles. The first-order valence-electron chi connectivity index (χ1n) is 3.89. The molecule has 2 rings (SSSR count). The Hall–Kier alpha value is -0.120. The standard InChI is InChI=1S/C7H13NO2/c1-2-9-6(4-8-1)3-7-5-10-7/h6-8H,1-5H2. The molecule has 58 valence electrons. The Morgan fingerprint density at radius 1 is 1.30 bits per heavy atom. The Bertz CT molecular complexity index is 108. The molecule has 0 radical (unpaired) electrons. The number of morpholine rings is 1. The molecule has 0 aliphatic carbocycles. The molecule has 0 aromatic heterocycles. The van der Waals surface area contributed by atoms with Crippen LogP contribution in [0.15, 0.2) is 0 Å². The smallest absolute Gasteiger partial charge is 0.0835 e. The summed E-state index contributed by atoms with van der Waals surface area (Å²) in [7, 11) is 0. The lowest BCUT2D eigenvalue weighted by molar-refractivity contribution is 0.0192. The molecule has 0 aromatic rings. The third-order valence-corrected chi connectivity index (χ3v) is 1.93. The fourth-order valence-electron chi connectivity index (χ4n) is 1.27. The molecule has 2 saturated heterocycles. The highest BCUT2D eigenvalue weighted by Gasteiger charge is 2.27. The van der Waals surface area contributed by atoms with E-state index in [-0.39, 0.29) is 0 Å². The van der Waals surface area contributed by atoms with E-state index in [9.17, 15) is 0 Å². The Kier molecular flexibility index (Phi) is 1.88. The number of hydrogen-bond acceptors (Lipinski definition) is 3. The number of epoxide rings is 1. The minimum Gasteiger partial charge on any atom is -0.375 e. The Morgan fingerprint density at radius 3 is 2.80 bits per heavy atom. The van der Waals surface area contributed by atoms with Crippen molar-refractivity contribution in [1.29, 1.82) is 0 Å². The van der Waals surface area contributed by atoms with E-state index in [1.165, 1.54) is 0 Å². The van der Waals surface area contributed by atoms with Crippen molar-refractivity contribution < 1.29 is 9.47 Å². The largest absolute Gasteiger partial charge is 0.375 e. The molecule has 1 N–H and O–H groups in total. The average Bonchev–Trinajstić information content (AvgIpc) is 2.74. The van der Waals surface area contributed by atoms with Crippen molar-refractivity contribution in [3.63, 3.8) is 0 Å². The molecule has 10 heavy (non-hydrogen) atoms. The zero-order valence-electron chi connectivity index (χ0n) is 6.01. The van der Waals surface area contributed by atoms with E-state index in [1.54, 1.807) is 0 Å². The number of rotatable bonds is 2. The van der Waals surface area contributed by atoms with E-state index in [4.69, 9.17) is 9.47 Å². The highest BCUT2D eigenvalue weighted by molar-refractivity contribution is 4.77. The first kappa shape index (κ1) is 6.58. The van der Waals surface area contributed by atoms with Crippen LogP contribution in [0.4, 0.5) is 0 Å². The SMILES string of the molecule is C1COC(CC2CO2)CN1. The van der Waals surface area contributed by atoms with Gasteiger partial charge in [0.25, 0.3) is 0 Å². The van der Waals surface area contributed by atoms with Crippen molar-refractivity contribution in [2.75, 3.05) is 26.3 Å². The topological polar surface area (TPSA) is 33.8 Å². The lowest BCUT2D eigenvalue weighted by Crippen LogP contribution is -2.39. The van der Waals surface area contributed by atoms with Gasteiger partial charge in [0.1, 0.15) is 0 Å². The van der Waals surface area contributed by atoms with Gasteiger partial charge in [-0.2, -0.15) is 0 Å². The van der Waals surface area contributed by atoms with Gasteiger partial charge in [0.15, 0.2) is 0 Å². The van der Waals surface area contributed by atoms with Crippen molar-refractivity contribution in [2.45, 2.75) is 18.6 Å². The maximum Gasteiger partial charge on any atom is 0.0835 e. The summed E-state index contributed by atoms with van der Waals surface area (Å²) in [5, 5.41) is 3.29. The van der Waals surface area contributed by atoms with Crippen LogP contribution in [0.1, 0.15) is 6.42 Å². The Labute approximate surface area is 60.7 Å². The fraction of sp³-hybridized carbons (Fsp3) is 1.00. The molecular formula is C7H13NO2. The third-order valence-electron chi connectivity index (χ3n) is 1.93. The van der Waals surface area contributed by atoms with Crippen molar-refractivity contribution in [2.24, 2.45) is 0 Å². The highest BCUT2D eigenvalue weighted by atomic mass is 16.6. The van der Waals surface area contributed by atoms with Crippen molar-refractivity contribution in [1.82, 2.24) is 5.32 Å². The van der Waals surface area contributed by atoms with Crippen LogP contribution in [-0.2, 0) is 9.47 Å². The van der Waals surface area contributed by atoms with Crippen molar-refractivity contribution >= 4 is 0 Å². The van der Waals surface area contributed by atoms with Gasteiger partial charge in [0, 0.05) is 19.5 Å². The molecule has 2 heterocycles. The van der Waals surface area contributed by atoms with Gasteiger partial charge in [-0.15, -0.1) is 0 Å². The molecular weight excluding hydrogens is 130 g/mol. The molecule has 0 bridgehead atoms. The maximum atomic E-state index is 5.49. The zero-order valence-corrected chi connectivity index (χ0v) is 6.01. The van der Waals surface area contributed by atoms with E-state index in [1.807, 2.05) is 0 Å². The lowest BCUT2D eigenvalue weighted by Gasteiger charge is -2.22. The van der Waals surface area contributed by atoms with Gasteiger partial charge >= 0.3 is 0 Å². The lowest BCUT2D eigenvalue weighted by atomic mass is 10.2. The summed E-state index contributed by atoms with van der Waals surface area (Å²) in [6.45, 7) is 3.80. The molecule has 2 unspecified atom stereocenters. The second-order valence-electron chi connectivity index (χ2n) is 2.89. The van der Waals surface area contributed by atoms with E-state index < -0.39 is 0 Å². The van der Waals surface area contributed by atoms with Crippen molar-refractivity contribution in [3.05, 3.63) is 0 Å². The molecule has 3 nitrogen and oxygen atoms in total. The monoisotopic (exact) mass is 143 g/mol. The van der Waals surface area contributed by atoms with Gasteiger partial charge in [-0.3, -0.25) is 0 Å². The second kappa shape index (κ2) is 2.86. The van der Waals surface area contributed by atoms with E-state index in [0.717, 1.165) is 32.7 Å². The fourth-order valence-corrected chi connectivity index (χ4v) is 1.27. The van der Waals surface area contributed by atoms with Crippen LogP contribution in [0.3, 0.4) is 0 Å². The van der Waals surface area contributed by atoms with Crippen LogP contribution in [0.5, 0.6) is 0 Å². The summed E-state index contributed by atoms with van der Waals surface area (Å²) in [5.41, 5.74) is 0. The molecule has 2 fully saturated rings. The van der Waals surface area contributed by atoms with E-state index in [2.05, 4.69) is 5.32 Å². The van der Waals surface area contributed by atoms with Crippen LogP contribution >= 0.6 is 0 Å². The zero-order chi connectivity index (χ0) is 6.81. The summed E-state index contributed by atoms with van der Waals surface area (Å²) in [4.78, 5) is 0. The van der Waals surface area contributed by atoms with Crippen LogP contribution in [0.25, 0.3) is 0 Å². The quantitative estimate of drug-likeness (QED) is 0.542. The molecule has 0 amide bonds. The summed E-state index contributed by atoms with van der Waals surface area (Å²) in [6.07, 6.45) is 1.98. The predicted molar refractivity (Wildman–Crippen MR) is 37.0 cm³/mol. The third kappa shape index (κ3) is 1.68. The Morgan fingerprint density at radius 2 is 2.20 bits per heavy atom. The summed E-state index contributed by atoms with van der Waals surface area (Å²) >= 11 is 0. The molecule has 3 heteroatoms.